The van der Waals surface area contributed by atoms with Gasteiger partial charge in [-0.05, 0) is 49.5 Å². The molecule has 0 unspecified atom stereocenters. The number of imidazole rings is 1. The van der Waals surface area contributed by atoms with Gasteiger partial charge in [-0.25, -0.2) is 18.3 Å². The third-order valence-corrected chi connectivity index (χ3v) is 9.09. The van der Waals surface area contributed by atoms with E-state index < -0.39 is 54.9 Å². The van der Waals surface area contributed by atoms with Crippen LogP contribution >= 0.6 is 0 Å². The Morgan fingerprint density at radius 3 is 2.53 bits per heavy atom. The minimum absolute atomic E-state index is 0.00508. The number of aromatic nitrogens is 6. The Kier molecular flexibility index (Phi) is 7.53. The van der Waals surface area contributed by atoms with Crippen molar-refractivity contribution in [1.82, 2.24) is 40.2 Å². The Labute approximate surface area is 253 Å². The Bertz CT molecular complexity index is 1630. The van der Waals surface area contributed by atoms with Crippen molar-refractivity contribution in [2.45, 2.75) is 88.7 Å². The van der Waals surface area contributed by atoms with Crippen molar-refractivity contribution in [3.05, 3.63) is 41.6 Å². The van der Waals surface area contributed by atoms with Gasteiger partial charge in [0.25, 0.3) is 5.91 Å². The van der Waals surface area contributed by atoms with E-state index in [1.54, 1.807) is 4.68 Å². The summed E-state index contributed by atoms with van der Waals surface area (Å²) in [6.45, 7) is 0.535. The number of hydrogen-bond acceptors (Lipinski definition) is 8. The monoisotopic (exact) mass is 635 g/mol. The number of nitrogens with zero attached hydrogens (tertiary/aromatic N) is 7. The summed E-state index contributed by atoms with van der Waals surface area (Å²) in [4.78, 5) is 29.7. The second-order valence-electron chi connectivity index (χ2n) is 12.7. The molecule has 0 spiro atoms. The van der Waals surface area contributed by atoms with Crippen LogP contribution in [0, 0.1) is 28.1 Å². The van der Waals surface area contributed by atoms with Crippen LogP contribution in [0.3, 0.4) is 0 Å². The summed E-state index contributed by atoms with van der Waals surface area (Å²) < 4.78 is 68.2. The maximum absolute atomic E-state index is 14.0. The van der Waals surface area contributed by atoms with Crippen molar-refractivity contribution in [2.24, 2.45) is 16.7 Å². The molecular formula is C28H30F5N9O3. The van der Waals surface area contributed by atoms with Crippen LogP contribution in [0.25, 0.3) is 5.65 Å². The minimum Gasteiger partial charge on any atom is -0.369 e. The first kappa shape index (κ1) is 30.8. The Balaban J connectivity index is 1.17. The van der Waals surface area contributed by atoms with Gasteiger partial charge in [-0.2, -0.15) is 23.5 Å². The summed E-state index contributed by atoms with van der Waals surface area (Å²) in [6, 6.07) is 2.92. The van der Waals surface area contributed by atoms with Crippen LogP contribution in [0.5, 0.6) is 0 Å². The maximum atomic E-state index is 14.0. The number of rotatable bonds is 10. The number of halogens is 5. The lowest BCUT2D eigenvalue weighted by atomic mass is 9.36. The highest BCUT2D eigenvalue weighted by Crippen LogP contribution is 2.73. The van der Waals surface area contributed by atoms with Gasteiger partial charge in [0.05, 0.1) is 48.2 Å². The van der Waals surface area contributed by atoms with Crippen molar-refractivity contribution in [2.75, 3.05) is 0 Å². The molecule has 0 aliphatic heterocycles. The van der Waals surface area contributed by atoms with Gasteiger partial charge >= 0.3 is 6.18 Å². The molecule has 4 saturated carbocycles. The second kappa shape index (κ2) is 11.0. The predicted molar refractivity (Wildman–Crippen MR) is 143 cm³/mol. The molecule has 240 valence electrons. The number of fused-ring (bicyclic) bond motifs is 1. The van der Waals surface area contributed by atoms with E-state index in [0.29, 0.717) is 12.2 Å². The second-order valence-corrected chi connectivity index (χ2v) is 12.7. The largest absolute Gasteiger partial charge is 0.389 e. The summed E-state index contributed by atoms with van der Waals surface area (Å²) in [5.74, 6) is -4.78. The number of nitrogens with one attached hydrogen (secondary N) is 2. The van der Waals surface area contributed by atoms with E-state index in [9.17, 15) is 41.9 Å². The van der Waals surface area contributed by atoms with Gasteiger partial charge in [-0.15, -0.1) is 5.10 Å². The molecular weight excluding hydrogens is 605 g/mol. The molecule has 4 aliphatic rings. The number of carbonyl (C=O) groups excluding carboxylic acids is 2. The van der Waals surface area contributed by atoms with Crippen molar-refractivity contribution < 1.29 is 36.6 Å². The van der Waals surface area contributed by atoms with Crippen LogP contribution in [0.4, 0.5) is 22.0 Å². The Morgan fingerprint density at radius 1 is 1.16 bits per heavy atom. The smallest absolute Gasteiger partial charge is 0.369 e. The van der Waals surface area contributed by atoms with Gasteiger partial charge in [0.2, 0.25) is 11.8 Å². The predicted octanol–water partition coefficient (Wildman–Crippen LogP) is 3.76. The molecule has 3 N–H and O–H groups in total. The number of nitriles is 1. The molecule has 4 aliphatic carbocycles. The van der Waals surface area contributed by atoms with Gasteiger partial charge in [0.15, 0.2) is 17.6 Å². The van der Waals surface area contributed by atoms with E-state index in [1.807, 2.05) is 0 Å². The first-order valence-electron chi connectivity index (χ1n) is 14.6. The van der Waals surface area contributed by atoms with Gasteiger partial charge in [-0.3, -0.25) is 14.3 Å². The third-order valence-electron chi connectivity index (χ3n) is 9.09. The molecule has 0 aromatic carbocycles. The number of aliphatic hydroxyl groups is 1. The van der Waals surface area contributed by atoms with E-state index in [1.165, 1.54) is 29.2 Å². The molecule has 3 aromatic rings. The van der Waals surface area contributed by atoms with Crippen LogP contribution < -0.4 is 10.6 Å². The highest BCUT2D eigenvalue weighted by molar-refractivity contribution is 5.92. The quantitative estimate of drug-likeness (QED) is 0.224. The van der Waals surface area contributed by atoms with Crippen LogP contribution in [0.15, 0.2) is 24.7 Å². The summed E-state index contributed by atoms with van der Waals surface area (Å²) in [6.07, 6.45) is -2.27. The fourth-order valence-electron chi connectivity index (χ4n) is 6.92. The first-order valence-corrected chi connectivity index (χ1v) is 14.6. The zero-order chi connectivity index (χ0) is 32.2. The summed E-state index contributed by atoms with van der Waals surface area (Å²) in [5.41, 5.74) is 0.364. The number of amides is 2. The van der Waals surface area contributed by atoms with Crippen molar-refractivity contribution >= 4 is 17.5 Å². The van der Waals surface area contributed by atoms with Gasteiger partial charge in [0.1, 0.15) is 0 Å². The van der Waals surface area contributed by atoms with Gasteiger partial charge in [0, 0.05) is 31.4 Å². The lowest BCUT2D eigenvalue weighted by molar-refractivity contribution is -0.174. The Hall–Kier alpha value is -4.20. The molecule has 17 heteroatoms. The fraction of sp³-hybridized carbons (Fsp3) is 0.607. The molecule has 7 rings (SSSR count). The third kappa shape index (κ3) is 6.46. The van der Waals surface area contributed by atoms with E-state index in [0.717, 1.165) is 19.3 Å². The lowest BCUT2D eigenvalue weighted by Crippen LogP contribution is -2.62. The fourth-order valence-corrected chi connectivity index (χ4v) is 6.92. The Morgan fingerprint density at radius 2 is 1.87 bits per heavy atom. The molecule has 0 radical (unpaired) electrons. The minimum atomic E-state index is -4.52. The van der Waals surface area contributed by atoms with E-state index in [-0.39, 0.29) is 53.4 Å². The van der Waals surface area contributed by atoms with E-state index in [2.05, 4.69) is 37.1 Å². The summed E-state index contributed by atoms with van der Waals surface area (Å²) in [7, 11) is 0. The zero-order valence-electron chi connectivity index (χ0n) is 23.9. The highest BCUT2D eigenvalue weighted by Gasteiger charge is 2.68. The first-order chi connectivity index (χ1) is 21.2. The van der Waals surface area contributed by atoms with Crippen molar-refractivity contribution in [1.29, 1.82) is 5.26 Å². The molecule has 12 nitrogen and oxygen atoms in total. The van der Waals surface area contributed by atoms with Crippen LogP contribution in [0.2, 0.25) is 0 Å². The molecule has 2 amide bonds. The zero-order valence-corrected chi connectivity index (χ0v) is 23.9. The van der Waals surface area contributed by atoms with Crippen LogP contribution in [0.1, 0.15) is 91.8 Å². The van der Waals surface area contributed by atoms with Crippen LogP contribution in [-0.2, 0) is 11.3 Å². The standard InChI is InChI=1S/C28H30F5N9O3/c29-27(30)4-1-16(2-5-27)22(38-24(45)19-9-41(40-39-19)15-26-11-25(12-26,13-26)14-34)18-10-42-20(36-18)7-17(8-35-42)23(44)37-21(43)3-6-28(31,32)33/h7-10,16,22-23,44H,1-6,11-13,15H2,(H,37,43)(H,38,45)/t22-,23+,25?,26?/m0/s1. The molecule has 2 bridgehead atoms. The summed E-state index contributed by atoms with van der Waals surface area (Å²) in [5, 5.41) is 36.8. The van der Waals surface area contributed by atoms with Crippen molar-refractivity contribution in [3.63, 3.8) is 0 Å². The average molecular weight is 636 g/mol. The van der Waals surface area contributed by atoms with Crippen LogP contribution in [-0.4, -0.2) is 58.6 Å². The SMILES string of the molecule is N#CC12CC(Cn3cc(C(=O)N[C@H](c4cn5ncc([C@@H](O)NC(=O)CCC(F)(F)F)cc5n4)C4CCC(F)(F)CC4)nn3)(C1)C2. The molecule has 3 aromatic heterocycles. The molecule has 2 atom stereocenters. The number of aliphatic hydroxyl groups excluding tert-OH is 1. The number of carbonyl (C=O) groups is 2. The average Bonchev–Trinajstić information content (AvgIpc) is 3.58. The topological polar surface area (TPSA) is 163 Å². The number of alkyl halides is 5. The van der Waals surface area contributed by atoms with Gasteiger partial charge < -0.3 is 15.7 Å². The van der Waals surface area contributed by atoms with E-state index >= 15 is 0 Å². The molecule has 3 heterocycles. The maximum Gasteiger partial charge on any atom is 0.389 e. The number of hydrogen-bond donors (Lipinski definition) is 3. The summed E-state index contributed by atoms with van der Waals surface area (Å²) >= 11 is 0. The molecule has 0 saturated heterocycles. The van der Waals surface area contributed by atoms with Gasteiger partial charge in [-0.1, -0.05) is 5.21 Å². The molecule has 4 fully saturated rings. The normalized spacial score (nSPS) is 25.4. The van der Waals surface area contributed by atoms with Crippen molar-refractivity contribution in [3.8, 4) is 6.07 Å². The highest BCUT2D eigenvalue weighted by atomic mass is 19.4. The van der Waals surface area contributed by atoms with E-state index in [4.69, 9.17) is 0 Å². The molecule has 45 heavy (non-hydrogen) atoms. The lowest BCUT2D eigenvalue weighted by Gasteiger charge is -2.67.